The number of aromatic nitrogens is 2. The number of carbonyl (C=O) groups is 2. The third-order valence-electron chi connectivity index (χ3n) is 3.59. The molecule has 0 unspecified atom stereocenters. The largest absolute Gasteiger partial charge is 0.289 e. The molecule has 0 aliphatic heterocycles. The standard InChI is InChI=1S/C18H14ClN5O4S/c19-13-4-6-14(7-5-13)24-29(27,28)15-3-1-2-12(10-15)17(25)22-23-18(26)16-11-20-8-9-21-16/h1-11,24H,(H,22,25)(H,23,26). The first-order valence-corrected chi connectivity index (χ1v) is 9.96. The molecule has 3 N–H and O–H groups in total. The summed E-state index contributed by atoms with van der Waals surface area (Å²) in [5.74, 6) is -1.37. The normalized spacial score (nSPS) is 10.8. The van der Waals surface area contributed by atoms with Gasteiger partial charge in [0.05, 0.1) is 11.1 Å². The number of carbonyl (C=O) groups excluding carboxylic acids is 2. The molecule has 2 amide bonds. The van der Waals surface area contributed by atoms with E-state index in [1.807, 2.05) is 0 Å². The number of rotatable bonds is 5. The first-order chi connectivity index (χ1) is 13.8. The molecule has 0 saturated heterocycles. The maximum Gasteiger partial charge on any atom is 0.289 e. The van der Waals surface area contributed by atoms with Crippen LogP contribution in [0, 0.1) is 0 Å². The molecule has 3 aromatic rings. The van der Waals surface area contributed by atoms with Gasteiger partial charge in [-0.3, -0.25) is 30.1 Å². The third-order valence-corrected chi connectivity index (χ3v) is 5.22. The predicted molar refractivity (Wildman–Crippen MR) is 106 cm³/mol. The molecule has 11 heteroatoms. The highest BCUT2D eigenvalue weighted by Crippen LogP contribution is 2.19. The van der Waals surface area contributed by atoms with Crippen LogP contribution in [0.1, 0.15) is 20.8 Å². The summed E-state index contributed by atoms with van der Waals surface area (Å²) >= 11 is 5.79. The van der Waals surface area contributed by atoms with Crippen molar-refractivity contribution in [2.45, 2.75) is 4.90 Å². The van der Waals surface area contributed by atoms with Crippen LogP contribution in [0.2, 0.25) is 5.02 Å². The minimum absolute atomic E-state index is 0.0105. The van der Waals surface area contributed by atoms with Crippen LogP contribution in [-0.4, -0.2) is 30.2 Å². The third kappa shape index (κ3) is 5.27. The maximum absolute atomic E-state index is 12.6. The van der Waals surface area contributed by atoms with E-state index in [0.717, 1.165) is 0 Å². The van der Waals surface area contributed by atoms with Gasteiger partial charge in [0.2, 0.25) is 0 Å². The van der Waals surface area contributed by atoms with Crippen molar-refractivity contribution in [2.24, 2.45) is 0 Å². The van der Waals surface area contributed by atoms with E-state index in [0.29, 0.717) is 10.7 Å². The zero-order valence-electron chi connectivity index (χ0n) is 14.7. The molecule has 0 bridgehead atoms. The van der Waals surface area contributed by atoms with Gasteiger partial charge in [-0.1, -0.05) is 17.7 Å². The number of hydrazine groups is 1. The molecule has 0 radical (unpaired) electrons. The first-order valence-electron chi connectivity index (χ1n) is 8.10. The van der Waals surface area contributed by atoms with E-state index in [9.17, 15) is 18.0 Å². The zero-order valence-corrected chi connectivity index (χ0v) is 16.2. The monoisotopic (exact) mass is 431 g/mol. The molecule has 0 aliphatic carbocycles. The van der Waals surface area contributed by atoms with Crippen molar-refractivity contribution >= 4 is 39.1 Å². The molecule has 1 heterocycles. The SMILES string of the molecule is O=C(NNC(=O)c1cnccn1)c1cccc(S(=O)(=O)Nc2ccc(Cl)cc2)c1. The number of benzene rings is 2. The van der Waals surface area contributed by atoms with Crippen molar-refractivity contribution in [1.29, 1.82) is 0 Å². The molecule has 0 aliphatic rings. The molecule has 0 spiro atoms. The van der Waals surface area contributed by atoms with E-state index in [1.165, 1.54) is 55.0 Å². The predicted octanol–water partition coefficient (Wildman–Crippen LogP) is 2.01. The van der Waals surface area contributed by atoms with E-state index in [-0.39, 0.29) is 16.2 Å². The number of hydrogen-bond donors (Lipinski definition) is 3. The highest BCUT2D eigenvalue weighted by Gasteiger charge is 2.17. The minimum atomic E-state index is -3.94. The average Bonchev–Trinajstić information content (AvgIpc) is 2.74. The van der Waals surface area contributed by atoms with Crippen LogP contribution in [0.25, 0.3) is 0 Å². The number of hydrogen-bond acceptors (Lipinski definition) is 6. The Hall–Kier alpha value is -3.50. The van der Waals surface area contributed by atoms with Crippen LogP contribution in [0.3, 0.4) is 0 Å². The van der Waals surface area contributed by atoms with E-state index in [1.54, 1.807) is 12.1 Å². The Morgan fingerprint density at radius 1 is 0.931 bits per heavy atom. The fourth-order valence-corrected chi connectivity index (χ4v) is 3.43. The van der Waals surface area contributed by atoms with Gasteiger partial charge >= 0.3 is 0 Å². The van der Waals surface area contributed by atoms with Crippen molar-refractivity contribution in [3.05, 3.63) is 83.4 Å². The second kappa shape index (κ2) is 8.67. The topological polar surface area (TPSA) is 130 Å². The summed E-state index contributed by atoms with van der Waals surface area (Å²) < 4.78 is 27.5. The Bertz CT molecular complexity index is 1140. The van der Waals surface area contributed by atoms with Crippen molar-refractivity contribution < 1.29 is 18.0 Å². The highest BCUT2D eigenvalue weighted by molar-refractivity contribution is 7.92. The van der Waals surface area contributed by atoms with Crippen LogP contribution < -0.4 is 15.6 Å². The van der Waals surface area contributed by atoms with Crippen molar-refractivity contribution in [3.8, 4) is 0 Å². The lowest BCUT2D eigenvalue weighted by Gasteiger charge is -2.10. The smallest absolute Gasteiger partial charge is 0.280 e. The van der Waals surface area contributed by atoms with Crippen LogP contribution >= 0.6 is 11.6 Å². The Kier molecular flexibility index (Phi) is 6.05. The molecule has 3 rings (SSSR count). The Balaban J connectivity index is 1.70. The van der Waals surface area contributed by atoms with Crippen molar-refractivity contribution in [1.82, 2.24) is 20.8 Å². The number of nitrogens with zero attached hydrogens (tertiary/aromatic N) is 2. The molecule has 0 atom stereocenters. The van der Waals surface area contributed by atoms with Gasteiger partial charge in [-0.15, -0.1) is 0 Å². The Morgan fingerprint density at radius 2 is 1.66 bits per heavy atom. The van der Waals surface area contributed by atoms with E-state index in [4.69, 9.17) is 11.6 Å². The highest BCUT2D eigenvalue weighted by atomic mass is 35.5. The lowest BCUT2D eigenvalue weighted by Crippen LogP contribution is -2.42. The number of nitrogens with one attached hydrogen (secondary N) is 3. The summed E-state index contributed by atoms with van der Waals surface area (Å²) in [6, 6.07) is 11.5. The number of anilines is 1. The summed E-state index contributed by atoms with van der Waals surface area (Å²) in [4.78, 5) is 31.6. The zero-order chi connectivity index (χ0) is 20.9. The molecular formula is C18H14ClN5O4S. The molecule has 148 valence electrons. The summed E-state index contributed by atoms with van der Waals surface area (Å²) in [6.07, 6.45) is 3.97. The van der Waals surface area contributed by atoms with Gasteiger partial charge < -0.3 is 0 Å². The average molecular weight is 432 g/mol. The first kappa shape index (κ1) is 20.2. The second-order valence-electron chi connectivity index (χ2n) is 5.64. The molecule has 29 heavy (non-hydrogen) atoms. The number of sulfonamides is 1. The fourth-order valence-electron chi connectivity index (χ4n) is 2.20. The second-order valence-corrected chi connectivity index (χ2v) is 7.76. The Morgan fingerprint density at radius 3 is 2.34 bits per heavy atom. The quantitative estimate of drug-likeness (QED) is 0.530. The van der Waals surface area contributed by atoms with Crippen LogP contribution in [-0.2, 0) is 10.0 Å². The number of amides is 2. The van der Waals surface area contributed by atoms with E-state index in [2.05, 4.69) is 25.5 Å². The summed E-state index contributed by atoms with van der Waals surface area (Å²) in [7, 11) is -3.94. The van der Waals surface area contributed by atoms with E-state index >= 15 is 0 Å². The molecule has 0 saturated carbocycles. The van der Waals surface area contributed by atoms with Crippen molar-refractivity contribution in [2.75, 3.05) is 4.72 Å². The van der Waals surface area contributed by atoms with Crippen LogP contribution in [0.5, 0.6) is 0 Å². The van der Waals surface area contributed by atoms with E-state index < -0.39 is 21.8 Å². The van der Waals surface area contributed by atoms with Crippen LogP contribution in [0.15, 0.2) is 72.0 Å². The molecule has 9 nitrogen and oxygen atoms in total. The summed E-state index contributed by atoms with van der Waals surface area (Å²) in [5.41, 5.74) is 4.74. The van der Waals surface area contributed by atoms with Gasteiger partial charge in [-0.05, 0) is 42.5 Å². The number of halogens is 1. The van der Waals surface area contributed by atoms with Gasteiger partial charge in [-0.25, -0.2) is 13.4 Å². The Labute approximate surface area is 171 Å². The molecule has 2 aromatic carbocycles. The van der Waals surface area contributed by atoms with Gasteiger partial charge in [0, 0.05) is 28.7 Å². The van der Waals surface area contributed by atoms with Gasteiger partial charge in [0.15, 0.2) is 0 Å². The minimum Gasteiger partial charge on any atom is -0.280 e. The lowest BCUT2D eigenvalue weighted by atomic mass is 10.2. The van der Waals surface area contributed by atoms with Crippen LogP contribution in [0.4, 0.5) is 5.69 Å². The van der Waals surface area contributed by atoms with Gasteiger partial charge in [0.1, 0.15) is 5.69 Å². The molecular weight excluding hydrogens is 418 g/mol. The summed E-state index contributed by atoms with van der Waals surface area (Å²) in [5, 5.41) is 0.468. The van der Waals surface area contributed by atoms with Crippen molar-refractivity contribution in [3.63, 3.8) is 0 Å². The van der Waals surface area contributed by atoms with Gasteiger partial charge in [0.25, 0.3) is 21.8 Å². The maximum atomic E-state index is 12.6. The lowest BCUT2D eigenvalue weighted by molar-refractivity contribution is 0.0843. The van der Waals surface area contributed by atoms with Gasteiger partial charge in [-0.2, -0.15) is 0 Å². The summed E-state index contributed by atoms with van der Waals surface area (Å²) in [6.45, 7) is 0. The molecule has 0 fully saturated rings. The fraction of sp³-hybridized carbons (Fsp3) is 0. The molecule has 1 aromatic heterocycles.